The number of hydrogen-bond donors (Lipinski definition) is 2. The maximum atomic E-state index is 11.4. The van der Waals surface area contributed by atoms with Crippen LogP contribution in [0.5, 0.6) is 0 Å². The van der Waals surface area contributed by atoms with Crippen molar-refractivity contribution in [1.82, 2.24) is 10.3 Å². The normalized spacial score (nSPS) is 16.6. The van der Waals surface area contributed by atoms with Crippen LogP contribution in [0.1, 0.15) is 11.3 Å². The summed E-state index contributed by atoms with van der Waals surface area (Å²) in [5.74, 6) is -0.110. The molecule has 3 rings (SSSR count). The summed E-state index contributed by atoms with van der Waals surface area (Å²) in [5, 5.41) is 3.39. The van der Waals surface area contributed by atoms with Gasteiger partial charge >= 0.3 is 0 Å². The number of allylic oxidation sites excluding steroid dienone is 1. The third kappa shape index (κ3) is 2.33. The highest BCUT2D eigenvalue weighted by Gasteiger charge is 2.16. The van der Waals surface area contributed by atoms with Crippen molar-refractivity contribution in [2.75, 3.05) is 0 Å². The van der Waals surface area contributed by atoms with E-state index < -0.39 is 0 Å². The molecule has 0 saturated heterocycles. The number of nitrogens with one attached hydrogen (secondary N) is 2. The molecule has 1 aliphatic rings. The van der Waals surface area contributed by atoms with Gasteiger partial charge in [-0.05, 0) is 23.8 Å². The van der Waals surface area contributed by atoms with E-state index in [-0.39, 0.29) is 5.91 Å². The van der Waals surface area contributed by atoms with Gasteiger partial charge < -0.3 is 10.3 Å². The van der Waals surface area contributed by atoms with Gasteiger partial charge in [0.2, 0.25) is 5.91 Å². The molecule has 0 atom stereocenters. The molecule has 0 fully saturated rings. The lowest BCUT2D eigenvalue weighted by Gasteiger charge is -2.10. The molecule has 1 aromatic carbocycles. The van der Waals surface area contributed by atoms with Gasteiger partial charge in [-0.3, -0.25) is 4.79 Å². The third-order valence-electron chi connectivity index (χ3n) is 2.91. The minimum atomic E-state index is -0.110. The van der Waals surface area contributed by atoms with Crippen LogP contribution in [0.25, 0.3) is 5.57 Å². The van der Waals surface area contributed by atoms with E-state index in [1.807, 2.05) is 36.4 Å². The molecule has 4 heteroatoms. The number of aromatic nitrogens is 1. The molecule has 94 valence electrons. The summed E-state index contributed by atoms with van der Waals surface area (Å²) >= 11 is 5.94. The van der Waals surface area contributed by atoms with Crippen LogP contribution in [-0.2, 0) is 4.79 Å². The minimum absolute atomic E-state index is 0.110. The number of aromatic amines is 1. The van der Waals surface area contributed by atoms with Gasteiger partial charge in [0.05, 0.1) is 5.70 Å². The van der Waals surface area contributed by atoms with Crippen molar-refractivity contribution in [3.05, 3.63) is 76.7 Å². The van der Waals surface area contributed by atoms with Crippen molar-refractivity contribution in [3.8, 4) is 0 Å². The van der Waals surface area contributed by atoms with Gasteiger partial charge in [0, 0.05) is 17.3 Å². The number of carbonyl (C=O) groups is 1. The smallest absolute Gasteiger partial charge is 0.248 e. The molecule has 2 N–H and O–H groups in total. The molecule has 0 spiro atoms. The molecule has 3 nitrogen and oxygen atoms in total. The van der Waals surface area contributed by atoms with E-state index in [0.717, 1.165) is 22.5 Å². The lowest BCUT2D eigenvalue weighted by molar-refractivity contribution is -0.115. The maximum absolute atomic E-state index is 11.4. The fraction of sp³-hybridized carbons (Fsp3) is 0. The van der Waals surface area contributed by atoms with Gasteiger partial charge in [-0.15, -0.1) is 0 Å². The second kappa shape index (κ2) is 4.78. The Labute approximate surface area is 115 Å². The minimum Gasteiger partial charge on any atom is -0.346 e. The first-order chi connectivity index (χ1) is 9.24. The number of H-pyrrole nitrogens is 1. The van der Waals surface area contributed by atoms with E-state index >= 15 is 0 Å². The largest absolute Gasteiger partial charge is 0.346 e. The standard InChI is InChI=1S/C15H11ClN2O/c16-13-8-6-11(17-13)15(10-4-2-1-3-5-10)12-7-9-14(19)18-12/h1-9,17H,(H,18,19). The summed E-state index contributed by atoms with van der Waals surface area (Å²) in [4.78, 5) is 14.4. The second-order valence-electron chi connectivity index (χ2n) is 4.20. The van der Waals surface area contributed by atoms with Crippen molar-refractivity contribution in [2.45, 2.75) is 0 Å². The first-order valence-corrected chi connectivity index (χ1v) is 6.25. The van der Waals surface area contributed by atoms with Crippen molar-refractivity contribution in [3.63, 3.8) is 0 Å². The van der Waals surface area contributed by atoms with Crippen molar-refractivity contribution in [2.24, 2.45) is 0 Å². The number of rotatable bonds is 2. The highest BCUT2D eigenvalue weighted by Crippen LogP contribution is 2.28. The fourth-order valence-electron chi connectivity index (χ4n) is 2.10. The quantitative estimate of drug-likeness (QED) is 0.865. The topological polar surface area (TPSA) is 44.9 Å². The number of benzene rings is 1. The summed E-state index contributed by atoms with van der Waals surface area (Å²) in [6.45, 7) is 0. The van der Waals surface area contributed by atoms with Crippen LogP contribution < -0.4 is 5.32 Å². The Hall–Kier alpha value is -2.26. The summed E-state index contributed by atoms with van der Waals surface area (Å²) in [6, 6.07) is 13.6. The summed E-state index contributed by atoms with van der Waals surface area (Å²) < 4.78 is 0. The predicted molar refractivity (Wildman–Crippen MR) is 75.5 cm³/mol. The molecular weight excluding hydrogens is 260 g/mol. The molecule has 2 aromatic rings. The molecule has 0 aliphatic carbocycles. The molecule has 0 bridgehead atoms. The number of carbonyl (C=O) groups excluding carboxylic acids is 1. The summed E-state index contributed by atoms with van der Waals surface area (Å²) in [5.41, 5.74) is 3.59. The molecule has 0 saturated carbocycles. The zero-order valence-electron chi connectivity index (χ0n) is 9.98. The average molecular weight is 271 g/mol. The Bertz CT molecular complexity index is 683. The zero-order chi connectivity index (χ0) is 13.2. The monoisotopic (exact) mass is 270 g/mol. The van der Waals surface area contributed by atoms with E-state index in [0.29, 0.717) is 5.15 Å². The Morgan fingerprint density at radius 3 is 2.37 bits per heavy atom. The Morgan fingerprint density at radius 2 is 1.79 bits per heavy atom. The van der Waals surface area contributed by atoms with Crippen molar-refractivity contribution < 1.29 is 4.79 Å². The van der Waals surface area contributed by atoms with Gasteiger partial charge in [-0.1, -0.05) is 41.9 Å². The molecule has 19 heavy (non-hydrogen) atoms. The highest BCUT2D eigenvalue weighted by atomic mass is 35.5. The van der Waals surface area contributed by atoms with Crippen LogP contribution in [0, 0.1) is 0 Å². The van der Waals surface area contributed by atoms with Crippen LogP contribution in [0.3, 0.4) is 0 Å². The summed E-state index contributed by atoms with van der Waals surface area (Å²) in [6.07, 6.45) is 3.29. The average Bonchev–Trinajstić information content (AvgIpc) is 3.01. The molecule has 0 unspecified atom stereocenters. The van der Waals surface area contributed by atoms with E-state index in [1.165, 1.54) is 6.08 Å². The van der Waals surface area contributed by atoms with Crippen LogP contribution in [0.2, 0.25) is 5.15 Å². The Morgan fingerprint density at radius 1 is 1.00 bits per heavy atom. The zero-order valence-corrected chi connectivity index (χ0v) is 10.7. The van der Waals surface area contributed by atoms with Gasteiger partial charge in [0.25, 0.3) is 0 Å². The van der Waals surface area contributed by atoms with Crippen LogP contribution in [-0.4, -0.2) is 10.9 Å². The highest BCUT2D eigenvalue weighted by molar-refractivity contribution is 6.29. The molecular formula is C15H11ClN2O. The molecule has 0 radical (unpaired) electrons. The van der Waals surface area contributed by atoms with Gasteiger partial charge in [-0.2, -0.15) is 0 Å². The Kier molecular flexibility index (Phi) is 2.97. The van der Waals surface area contributed by atoms with Gasteiger partial charge in [0.1, 0.15) is 5.15 Å². The molecule has 1 aromatic heterocycles. The predicted octanol–water partition coefficient (Wildman–Crippen LogP) is 3.11. The van der Waals surface area contributed by atoms with Crippen LogP contribution in [0.15, 0.2) is 60.3 Å². The molecule has 2 heterocycles. The lowest BCUT2D eigenvalue weighted by atomic mass is 10.0. The fourth-order valence-corrected chi connectivity index (χ4v) is 2.26. The van der Waals surface area contributed by atoms with Gasteiger partial charge in [0.15, 0.2) is 0 Å². The third-order valence-corrected chi connectivity index (χ3v) is 3.13. The first kappa shape index (κ1) is 11.8. The van der Waals surface area contributed by atoms with E-state index in [9.17, 15) is 4.79 Å². The molecule has 1 amide bonds. The molecule has 1 aliphatic heterocycles. The summed E-state index contributed by atoms with van der Waals surface area (Å²) in [7, 11) is 0. The van der Waals surface area contributed by atoms with Crippen LogP contribution in [0.4, 0.5) is 0 Å². The first-order valence-electron chi connectivity index (χ1n) is 5.88. The van der Waals surface area contributed by atoms with Crippen molar-refractivity contribution >= 4 is 23.1 Å². The Balaban J connectivity index is 2.17. The van der Waals surface area contributed by atoms with Gasteiger partial charge in [-0.25, -0.2) is 0 Å². The SMILES string of the molecule is O=C1C=CC(=C(c2ccccc2)c2ccc(Cl)[nH]2)N1. The maximum Gasteiger partial charge on any atom is 0.248 e. The number of amides is 1. The second-order valence-corrected chi connectivity index (χ2v) is 4.60. The van der Waals surface area contributed by atoms with E-state index in [4.69, 9.17) is 11.6 Å². The van der Waals surface area contributed by atoms with E-state index in [1.54, 1.807) is 12.1 Å². The van der Waals surface area contributed by atoms with Crippen molar-refractivity contribution in [1.29, 1.82) is 0 Å². The number of hydrogen-bond acceptors (Lipinski definition) is 1. The van der Waals surface area contributed by atoms with Crippen LogP contribution >= 0.6 is 11.6 Å². The number of halogens is 1. The van der Waals surface area contributed by atoms with E-state index in [2.05, 4.69) is 10.3 Å². The lowest BCUT2D eigenvalue weighted by Crippen LogP contribution is -2.14.